The highest BCUT2D eigenvalue weighted by Gasteiger charge is 2.25. The van der Waals surface area contributed by atoms with E-state index in [4.69, 9.17) is 22.1 Å². The summed E-state index contributed by atoms with van der Waals surface area (Å²) in [6.45, 7) is 5.70. The number of allylic oxidation sites excluding steroid dienone is 1. The van der Waals surface area contributed by atoms with E-state index in [0.717, 1.165) is 18.4 Å². The average Bonchev–Trinajstić information content (AvgIpc) is 3.66. The van der Waals surface area contributed by atoms with Crippen molar-refractivity contribution in [2.24, 2.45) is 16.6 Å². The third-order valence-corrected chi connectivity index (χ3v) is 6.37. The maximum atomic E-state index is 13.4. The monoisotopic (exact) mass is 559 g/mol. The first-order valence-electron chi connectivity index (χ1n) is 12.9. The third kappa shape index (κ3) is 6.40. The summed E-state index contributed by atoms with van der Waals surface area (Å²) in [6.07, 6.45) is 3.76. The smallest absolute Gasteiger partial charge is 0.274 e. The van der Waals surface area contributed by atoms with Crippen LogP contribution in [0.25, 0.3) is 17.2 Å². The second-order valence-corrected chi connectivity index (χ2v) is 11.0. The highest BCUT2D eigenvalue weighted by atomic mass is 35.5. The number of nitrogens with two attached hydrogens (primary N) is 1. The zero-order valence-corrected chi connectivity index (χ0v) is 23.2. The van der Waals surface area contributed by atoms with Gasteiger partial charge in [0.1, 0.15) is 23.8 Å². The van der Waals surface area contributed by atoms with E-state index in [1.54, 1.807) is 24.3 Å². The van der Waals surface area contributed by atoms with Gasteiger partial charge in [-0.3, -0.25) is 19.7 Å². The van der Waals surface area contributed by atoms with E-state index in [1.165, 1.54) is 10.6 Å². The molecule has 11 heteroatoms. The molecule has 1 aliphatic carbocycles. The van der Waals surface area contributed by atoms with Crippen molar-refractivity contribution in [1.82, 2.24) is 24.9 Å². The number of carbonyl (C=O) groups is 1. The number of fused-ring (bicyclic) bond motifs is 1. The van der Waals surface area contributed by atoms with Gasteiger partial charge in [0, 0.05) is 17.3 Å². The molecule has 2 aromatic heterocycles. The van der Waals surface area contributed by atoms with Gasteiger partial charge >= 0.3 is 0 Å². The maximum Gasteiger partial charge on any atom is 0.274 e. The van der Waals surface area contributed by atoms with Gasteiger partial charge in [0.15, 0.2) is 5.82 Å². The van der Waals surface area contributed by atoms with Crippen molar-refractivity contribution in [1.29, 1.82) is 0 Å². The summed E-state index contributed by atoms with van der Waals surface area (Å²) in [5.41, 5.74) is 7.40. The Labute approximate surface area is 235 Å². The van der Waals surface area contributed by atoms with Gasteiger partial charge in [-0.1, -0.05) is 48.0 Å². The number of rotatable bonds is 7. The fourth-order valence-electron chi connectivity index (χ4n) is 4.05. The Balaban J connectivity index is 1.38. The summed E-state index contributed by atoms with van der Waals surface area (Å²) < 4.78 is 7.22. The van der Waals surface area contributed by atoms with Crippen LogP contribution >= 0.6 is 11.6 Å². The van der Waals surface area contributed by atoms with Gasteiger partial charge in [0.25, 0.3) is 17.2 Å². The molecule has 0 bridgehead atoms. The number of nitrogens with one attached hydrogen (secondary N) is 2. The normalized spacial score (nSPS) is 14.4. The SMILES string of the molecule is CC(C)(C)N=C(C=C(N)C1CC1)NC(=O)c1c(Cl)cccc1OCc1cc(=O)n2[nH]c(-c3ccccc3)nc2n1. The first kappa shape index (κ1) is 27.1. The zero-order valence-electron chi connectivity index (χ0n) is 22.4. The minimum absolute atomic E-state index is 0.0860. The minimum atomic E-state index is -0.494. The Morgan fingerprint density at radius 3 is 2.65 bits per heavy atom. The fraction of sp³-hybridized carbons (Fsp3) is 0.276. The van der Waals surface area contributed by atoms with Gasteiger partial charge in [-0.05, 0) is 57.7 Å². The third-order valence-electron chi connectivity index (χ3n) is 6.06. The van der Waals surface area contributed by atoms with Gasteiger partial charge in [0.2, 0.25) is 0 Å². The van der Waals surface area contributed by atoms with Gasteiger partial charge in [-0.2, -0.15) is 9.50 Å². The Morgan fingerprint density at radius 1 is 1.20 bits per heavy atom. The molecule has 0 unspecified atom stereocenters. The molecule has 0 saturated heterocycles. The van der Waals surface area contributed by atoms with Crippen LogP contribution in [0.3, 0.4) is 0 Å². The molecule has 0 radical (unpaired) electrons. The predicted molar refractivity (Wildman–Crippen MR) is 154 cm³/mol. The second-order valence-electron chi connectivity index (χ2n) is 10.6. The van der Waals surface area contributed by atoms with Crippen molar-refractivity contribution in [2.45, 2.75) is 45.8 Å². The lowest BCUT2D eigenvalue weighted by Crippen LogP contribution is -2.33. The van der Waals surface area contributed by atoms with Gasteiger partial charge in [-0.15, -0.1) is 0 Å². The van der Waals surface area contributed by atoms with Crippen molar-refractivity contribution in [3.8, 4) is 17.1 Å². The molecule has 5 rings (SSSR count). The molecule has 4 aromatic rings. The van der Waals surface area contributed by atoms with Crippen LogP contribution in [-0.2, 0) is 6.61 Å². The number of H-pyrrole nitrogens is 1. The van der Waals surface area contributed by atoms with Crippen LogP contribution in [0.2, 0.25) is 5.02 Å². The highest BCUT2D eigenvalue weighted by Crippen LogP contribution is 2.33. The van der Waals surface area contributed by atoms with Crippen LogP contribution in [0.15, 0.2) is 76.2 Å². The van der Waals surface area contributed by atoms with E-state index in [-0.39, 0.29) is 34.3 Å². The number of aromatic nitrogens is 4. The van der Waals surface area contributed by atoms with Crippen LogP contribution in [-0.4, -0.2) is 36.9 Å². The Morgan fingerprint density at radius 2 is 1.95 bits per heavy atom. The average molecular weight is 560 g/mol. The van der Waals surface area contributed by atoms with E-state index in [0.29, 0.717) is 29.0 Å². The van der Waals surface area contributed by atoms with Gasteiger partial charge < -0.3 is 15.8 Å². The number of aliphatic imine (C=N–C) groups is 1. The predicted octanol–water partition coefficient (Wildman–Crippen LogP) is 4.50. The molecule has 0 spiro atoms. The van der Waals surface area contributed by atoms with Crippen molar-refractivity contribution < 1.29 is 9.53 Å². The maximum absolute atomic E-state index is 13.4. The summed E-state index contributed by atoms with van der Waals surface area (Å²) in [6, 6.07) is 15.7. The quantitative estimate of drug-likeness (QED) is 0.225. The molecule has 1 fully saturated rings. The standard InChI is InChI=1S/C29H30ClN7O3/c1-29(2,3)35-23(15-21(31)17-12-13-17)33-27(39)25-20(30)10-7-11-22(25)40-16-19-14-24(38)37-28(32-19)34-26(36-37)18-8-5-4-6-9-18/h4-11,14-15,17H,12-13,16,31H2,1-3H3,(H,32,34,36)(H,33,35,39). The number of ether oxygens (including phenoxy) is 1. The number of amidine groups is 1. The molecule has 40 heavy (non-hydrogen) atoms. The van der Waals surface area contributed by atoms with Crippen molar-refractivity contribution in [3.05, 3.63) is 93.0 Å². The Bertz CT molecular complexity index is 1680. The van der Waals surface area contributed by atoms with Gasteiger partial charge in [0.05, 0.1) is 16.3 Å². The van der Waals surface area contributed by atoms with E-state index in [2.05, 4.69) is 25.4 Å². The summed E-state index contributed by atoms with van der Waals surface area (Å²) in [5, 5.41) is 6.01. The van der Waals surface area contributed by atoms with Crippen LogP contribution in [0.4, 0.5) is 0 Å². The molecule has 0 aliphatic heterocycles. The van der Waals surface area contributed by atoms with Crippen LogP contribution in [0, 0.1) is 5.92 Å². The second kappa shape index (κ2) is 11.0. The number of benzene rings is 2. The van der Waals surface area contributed by atoms with E-state index in [9.17, 15) is 9.59 Å². The molecule has 2 aromatic carbocycles. The summed E-state index contributed by atoms with van der Waals surface area (Å²) in [4.78, 5) is 39.7. The number of amides is 1. The van der Waals surface area contributed by atoms with E-state index < -0.39 is 11.4 Å². The lowest BCUT2D eigenvalue weighted by atomic mass is 10.1. The first-order chi connectivity index (χ1) is 19.1. The van der Waals surface area contributed by atoms with Crippen molar-refractivity contribution >= 4 is 29.1 Å². The number of carbonyl (C=O) groups excluding carboxylic acids is 1. The molecular formula is C29H30ClN7O3. The topological polar surface area (TPSA) is 140 Å². The molecule has 4 N–H and O–H groups in total. The number of nitrogens with zero attached hydrogens (tertiary/aromatic N) is 4. The molecule has 0 atom stereocenters. The van der Waals surface area contributed by atoms with Crippen molar-refractivity contribution in [2.75, 3.05) is 0 Å². The number of hydrogen-bond acceptors (Lipinski definition) is 7. The van der Waals surface area contributed by atoms with E-state index in [1.807, 2.05) is 51.1 Å². The molecular weight excluding hydrogens is 530 g/mol. The Kier molecular flexibility index (Phi) is 7.44. The molecule has 10 nitrogen and oxygen atoms in total. The number of aromatic amines is 1. The summed E-state index contributed by atoms with van der Waals surface area (Å²) in [5.74, 6) is 1.12. The number of hydrogen-bond donors (Lipinski definition) is 3. The fourth-order valence-corrected chi connectivity index (χ4v) is 4.30. The summed E-state index contributed by atoms with van der Waals surface area (Å²) >= 11 is 6.45. The first-order valence-corrected chi connectivity index (χ1v) is 13.3. The Hall–Kier alpha value is -4.44. The van der Waals surface area contributed by atoms with Crippen LogP contribution in [0.5, 0.6) is 5.75 Å². The lowest BCUT2D eigenvalue weighted by molar-refractivity contribution is 0.0972. The molecule has 1 saturated carbocycles. The largest absolute Gasteiger partial charge is 0.486 e. The number of halogens is 1. The highest BCUT2D eigenvalue weighted by molar-refractivity contribution is 6.34. The molecule has 1 amide bonds. The van der Waals surface area contributed by atoms with Crippen LogP contribution in [0.1, 0.15) is 49.7 Å². The molecule has 2 heterocycles. The lowest BCUT2D eigenvalue weighted by Gasteiger charge is -2.17. The summed E-state index contributed by atoms with van der Waals surface area (Å²) in [7, 11) is 0. The minimum Gasteiger partial charge on any atom is -0.486 e. The van der Waals surface area contributed by atoms with E-state index >= 15 is 0 Å². The molecule has 206 valence electrons. The molecule has 1 aliphatic rings. The van der Waals surface area contributed by atoms with Gasteiger partial charge in [-0.25, -0.2) is 4.98 Å². The van der Waals surface area contributed by atoms with Crippen molar-refractivity contribution in [3.63, 3.8) is 0 Å². The zero-order chi connectivity index (χ0) is 28.4. The van der Waals surface area contributed by atoms with Crippen LogP contribution < -0.4 is 21.3 Å².